The van der Waals surface area contributed by atoms with E-state index >= 15 is 0 Å². The Hall–Kier alpha value is -1.79. The van der Waals surface area contributed by atoms with Gasteiger partial charge >= 0.3 is 0 Å². The van der Waals surface area contributed by atoms with Crippen molar-refractivity contribution >= 4 is 29.3 Å². The van der Waals surface area contributed by atoms with Crippen LogP contribution in [0.2, 0.25) is 5.02 Å². The zero-order chi connectivity index (χ0) is 20.2. The van der Waals surface area contributed by atoms with Gasteiger partial charge in [0.05, 0.1) is 10.8 Å². The van der Waals surface area contributed by atoms with Crippen molar-refractivity contribution in [1.29, 1.82) is 0 Å². The molecule has 0 saturated heterocycles. The highest BCUT2D eigenvalue weighted by molar-refractivity contribution is 7.99. The minimum atomic E-state index is 0.144. The summed E-state index contributed by atoms with van der Waals surface area (Å²) in [7, 11) is 0. The molecule has 4 rings (SSSR count). The number of halogens is 1. The molecule has 0 aliphatic heterocycles. The second-order valence-corrected chi connectivity index (χ2v) is 8.96. The molecule has 2 aliphatic carbocycles. The van der Waals surface area contributed by atoms with Gasteiger partial charge in [-0.15, -0.1) is 10.2 Å². The Morgan fingerprint density at radius 2 is 2.03 bits per heavy atom. The molecule has 0 radical (unpaired) electrons. The smallest absolute Gasteiger partial charge is 0.237 e. The second-order valence-electron chi connectivity index (χ2n) is 7.61. The third kappa shape index (κ3) is 4.38. The molecule has 1 aromatic carbocycles. The van der Waals surface area contributed by atoms with Crippen LogP contribution in [0.4, 0.5) is 0 Å². The summed E-state index contributed by atoms with van der Waals surface area (Å²) in [6, 6.07) is 8.14. The van der Waals surface area contributed by atoms with Gasteiger partial charge in [-0.25, -0.2) is 0 Å². The third-order valence-electron chi connectivity index (χ3n) is 5.77. The van der Waals surface area contributed by atoms with E-state index in [1.807, 2.05) is 36.1 Å². The van der Waals surface area contributed by atoms with E-state index in [2.05, 4.69) is 20.8 Å². The summed E-state index contributed by atoms with van der Waals surface area (Å²) in [5.74, 6) is 1.33. The van der Waals surface area contributed by atoms with E-state index in [1.54, 1.807) is 0 Å². The fourth-order valence-electron chi connectivity index (χ4n) is 4.34. The number of carbonyl (C=O) groups excluding carboxylic acids is 1. The van der Waals surface area contributed by atoms with E-state index in [0.717, 1.165) is 48.6 Å². The molecule has 0 atom stereocenters. The molecule has 2 aromatic rings. The number of benzene rings is 1. The molecular formula is C22H27ClN4OS. The van der Waals surface area contributed by atoms with Crippen molar-refractivity contribution < 1.29 is 4.79 Å². The monoisotopic (exact) mass is 430 g/mol. The highest BCUT2D eigenvalue weighted by atomic mass is 35.5. The Bertz CT molecular complexity index is 904. The standard InChI is InChI=1S/C22H27ClN4OS/c1-2-26(16-9-3-4-10-16)20(28)15-29-22-25-24-21(18-13-7-8-14-19(18)23)27(22)17-11-5-6-12-17/h7-9,13-14,17H,2-6,10-12,15H2,1H3. The van der Waals surface area contributed by atoms with Crippen molar-refractivity contribution in [2.45, 2.75) is 63.1 Å². The molecule has 5 nitrogen and oxygen atoms in total. The molecule has 154 valence electrons. The van der Waals surface area contributed by atoms with Gasteiger partial charge in [-0.2, -0.15) is 0 Å². The van der Waals surface area contributed by atoms with Gasteiger partial charge in [-0.05, 0) is 51.2 Å². The van der Waals surface area contributed by atoms with Crippen LogP contribution in [0.15, 0.2) is 41.2 Å². The number of carbonyl (C=O) groups is 1. The number of aromatic nitrogens is 3. The maximum atomic E-state index is 12.9. The van der Waals surface area contributed by atoms with Crippen LogP contribution in [-0.4, -0.2) is 37.9 Å². The average molecular weight is 431 g/mol. The van der Waals surface area contributed by atoms with E-state index < -0.39 is 0 Å². The summed E-state index contributed by atoms with van der Waals surface area (Å²) in [6.07, 6.45) is 10.1. The topological polar surface area (TPSA) is 51.0 Å². The summed E-state index contributed by atoms with van der Waals surface area (Å²) in [5, 5.41) is 10.4. The first-order valence-corrected chi connectivity index (χ1v) is 11.9. The zero-order valence-electron chi connectivity index (χ0n) is 16.8. The highest BCUT2D eigenvalue weighted by Gasteiger charge is 2.27. The zero-order valence-corrected chi connectivity index (χ0v) is 18.4. The fraction of sp³-hybridized carbons (Fsp3) is 0.500. The molecule has 0 unspecified atom stereocenters. The van der Waals surface area contributed by atoms with Gasteiger partial charge in [0, 0.05) is 23.8 Å². The van der Waals surface area contributed by atoms with Gasteiger partial charge in [0.2, 0.25) is 5.91 Å². The molecule has 1 fully saturated rings. The maximum Gasteiger partial charge on any atom is 0.237 e. The van der Waals surface area contributed by atoms with Gasteiger partial charge in [0.1, 0.15) is 0 Å². The quantitative estimate of drug-likeness (QED) is 0.527. The van der Waals surface area contributed by atoms with E-state index in [0.29, 0.717) is 23.4 Å². The lowest BCUT2D eigenvalue weighted by molar-refractivity contribution is -0.126. The Morgan fingerprint density at radius 3 is 2.72 bits per heavy atom. The first kappa shape index (κ1) is 20.5. The number of hydrogen-bond donors (Lipinski definition) is 0. The average Bonchev–Trinajstić information content (AvgIpc) is 3.48. The minimum absolute atomic E-state index is 0.144. The SMILES string of the molecule is CCN(C(=O)CSc1nnc(-c2ccccc2Cl)n1C1CCCC1)C1=CCCC1. The number of thioether (sulfide) groups is 1. The van der Waals surface area contributed by atoms with E-state index in [9.17, 15) is 4.79 Å². The lowest BCUT2D eigenvalue weighted by atomic mass is 10.2. The van der Waals surface area contributed by atoms with Gasteiger partial charge in [-0.1, -0.05) is 54.4 Å². The Morgan fingerprint density at radius 1 is 1.24 bits per heavy atom. The second kappa shape index (κ2) is 9.35. The lowest BCUT2D eigenvalue weighted by Crippen LogP contribution is -2.31. The molecule has 1 amide bonds. The lowest BCUT2D eigenvalue weighted by Gasteiger charge is -2.22. The summed E-state index contributed by atoms with van der Waals surface area (Å²) in [5.41, 5.74) is 2.07. The fourth-order valence-corrected chi connectivity index (χ4v) is 5.44. The van der Waals surface area contributed by atoms with Gasteiger partial charge in [-0.3, -0.25) is 9.36 Å². The first-order chi connectivity index (χ1) is 14.2. The highest BCUT2D eigenvalue weighted by Crippen LogP contribution is 2.38. The molecule has 2 aliphatic rings. The van der Waals surface area contributed by atoms with Gasteiger partial charge in [0.15, 0.2) is 11.0 Å². The van der Waals surface area contributed by atoms with Crippen LogP contribution in [0, 0.1) is 0 Å². The molecule has 0 bridgehead atoms. The van der Waals surface area contributed by atoms with Crippen LogP contribution in [0.1, 0.15) is 57.9 Å². The molecule has 1 aromatic heterocycles. The molecular weight excluding hydrogens is 404 g/mol. The summed E-state index contributed by atoms with van der Waals surface area (Å²) in [6.45, 7) is 2.75. The third-order valence-corrected chi connectivity index (χ3v) is 7.03. The summed E-state index contributed by atoms with van der Waals surface area (Å²) in [4.78, 5) is 14.8. The van der Waals surface area contributed by atoms with Gasteiger partial charge < -0.3 is 4.90 Å². The van der Waals surface area contributed by atoms with Crippen LogP contribution in [0.3, 0.4) is 0 Å². The number of allylic oxidation sites excluding steroid dienone is 2. The first-order valence-electron chi connectivity index (χ1n) is 10.5. The molecule has 1 saturated carbocycles. The Balaban J connectivity index is 1.57. The maximum absolute atomic E-state index is 12.9. The number of rotatable bonds is 7. The Labute approximate surface area is 181 Å². The summed E-state index contributed by atoms with van der Waals surface area (Å²) < 4.78 is 2.22. The Kier molecular flexibility index (Phi) is 6.60. The van der Waals surface area contributed by atoms with Crippen molar-refractivity contribution in [3.63, 3.8) is 0 Å². The van der Waals surface area contributed by atoms with Crippen LogP contribution in [-0.2, 0) is 4.79 Å². The van der Waals surface area contributed by atoms with Gasteiger partial charge in [0.25, 0.3) is 0 Å². The van der Waals surface area contributed by atoms with E-state index in [4.69, 9.17) is 11.6 Å². The molecule has 0 spiro atoms. The van der Waals surface area contributed by atoms with E-state index in [1.165, 1.54) is 30.3 Å². The number of amides is 1. The van der Waals surface area contributed by atoms with Crippen molar-refractivity contribution in [3.05, 3.63) is 41.1 Å². The predicted molar refractivity (Wildman–Crippen MR) is 118 cm³/mol. The number of nitrogens with zero attached hydrogens (tertiary/aromatic N) is 4. The normalized spacial score (nSPS) is 17.0. The summed E-state index contributed by atoms with van der Waals surface area (Å²) >= 11 is 7.95. The molecule has 0 N–H and O–H groups in total. The van der Waals surface area contributed by atoms with Crippen LogP contribution >= 0.6 is 23.4 Å². The molecule has 29 heavy (non-hydrogen) atoms. The van der Waals surface area contributed by atoms with Crippen LogP contribution in [0.5, 0.6) is 0 Å². The van der Waals surface area contributed by atoms with Crippen LogP contribution in [0.25, 0.3) is 11.4 Å². The molecule has 1 heterocycles. The largest absolute Gasteiger partial charge is 0.316 e. The minimum Gasteiger partial charge on any atom is -0.316 e. The van der Waals surface area contributed by atoms with Crippen molar-refractivity contribution in [2.24, 2.45) is 0 Å². The van der Waals surface area contributed by atoms with E-state index in [-0.39, 0.29) is 5.91 Å². The molecule has 7 heteroatoms. The van der Waals surface area contributed by atoms with Crippen molar-refractivity contribution in [1.82, 2.24) is 19.7 Å². The van der Waals surface area contributed by atoms with Crippen molar-refractivity contribution in [2.75, 3.05) is 12.3 Å². The predicted octanol–water partition coefficient (Wildman–Crippen LogP) is 5.72. The van der Waals surface area contributed by atoms with Crippen molar-refractivity contribution in [3.8, 4) is 11.4 Å². The van der Waals surface area contributed by atoms with Crippen LogP contribution < -0.4 is 0 Å². The number of hydrogen-bond acceptors (Lipinski definition) is 4.